The Bertz CT molecular complexity index is 689. The number of ether oxygens (including phenoxy) is 2. The summed E-state index contributed by atoms with van der Waals surface area (Å²) in [6.07, 6.45) is 2.47. The predicted octanol–water partition coefficient (Wildman–Crippen LogP) is 2.35. The molecule has 0 radical (unpaired) electrons. The first-order valence-corrected chi connectivity index (χ1v) is 6.84. The summed E-state index contributed by atoms with van der Waals surface area (Å²) in [5.74, 6) is 0.240. The van der Waals surface area contributed by atoms with Gasteiger partial charge in [0.2, 0.25) is 0 Å². The highest BCUT2D eigenvalue weighted by Crippen LogP contribution is 2.23. The lowest BCUT2D eigenvalue weighted by molar-refractivity contribution is -0.297. The highest BCUT2D eigenvalue weighted by Gasteiger charge is 2.05. The number of aryl methyl sites for hydroxylation is 1. The van der Waals surface area contributed by atoms with Gasteiger partial charge in [-0.25, -0.2) is 0 Å². The molecule has 0 aliphatic carbocycles. The van der Waals surface area contributed by atoms with E-state index in [9.17, 15) is 9.90 Å². The molecule has 4 heteroatoms. The van der Waals surface area contributed by atoms with E-state index in [1.807, 2.05) is 37.3 Å². The van der Waals surface area contributed by atoms with Gasteiger partial charge in [-0.3, -0.25) is 0 Å². The zero-order valence-corrected chi connectivity index (χ0v) is 12.5. The summed E-state index contributed by atoms with van der Waals surface area (Å²) >= 11 is 0. The van der Waals surface area contributed by atoms with Crippen molar-refractivity contribution in [3.63, 3.8) is 0 Å². The van der Waals surface area contributed by atoms with Gasteiger partial charge in [-0.2, -0.15) is 0 Å². The van der Waals surface area contributed by atoms with Crippen LogP contribution >= 0.6 is 0 Å². The third-order valence-electron chi connectivity index (χ3n) is 3.10. The topological polar surface area (TPSA) is 58.6 Å². The minimum atomic E-state index is -1.23. The SMILES string of the molecule is COc1ccc(C=CC(=O)[O-])cc1COc1cccc(C)c1. The maximum atomic E-state index is 10.5. The molecule has 0 fully saturated rings. The smallest absolute Gasteiger partial charge is 0.125 e. The van der Waals surface area contributed by atoms with Gasteiger partial charge in [0.05, 0.1) is 13.1 Å². The van der Waals surface area contributed by atoms with Crippen LogP contribution in [0.4, 0.5) is 0 Å². The monoisotopic (exact) mass is 297 g/mol. The number of methoxy groups -OCH3 is 1. The van der Waals surface area contributed by atoms with E-state index in [4.69, 9.17) is 9.47 Å². The van der Waals surface area contributed by atoms with E-state index in [0.29, 0.717) is 12.4 Å². The molecule has 0 aliphatic rings. The van der Waals surface area contributed by atoms with Crippen molar-refractivity contribution in [2.24, 2.45) is 0 Å². The van der Waals surface area contributed by atoms with Crippen molar-refractivity contribution in [2.45, 2.75) is 13.5 Å². The number of carbonyl (C=O) groups is 1. The van der Waals surface area contributed by atoms with Crippen LogP contribution in [0.25, 0.3) is 6.08 Å². The molecule has 2 aromatic rings. The average Bonchev–Trinajstić information content (AvgIpc) is 2.51. The van der Waals surface area contributed by atoms with Crippen LogP contribution in [0.15, 0.2) is 48.5 Å². The zero-order chi connectivity index (χ0) is 15.9. The third-order valence-corrected chi connectivity index (χ3v) is 3.10. The van der Waals surface area contributed by atoms with Gasteiger partial charge in [0, 0.05) is 5.56 Å². The van der Waals surface area contributed by atoms with Gasteiger partial charge in [-0.05, 0) is 48.4 Å². The Kier molecular flexibility index (Phi) is 5.20. The lowest BCUT2D eigenvalue weighted by atomic mass is 10.1. The van der Waals surface area contributed by atoms with Crippen molar-refractivity contribution in [3.05, 3.63) is 65.2 Å². The molecule has 0 atom stereocenters. The fourth-order valence-corrected chi connectivity index (χ4v) is 2.05. The Labute approximate surface area is 129 Å². The van der Waals surface area contributed by atoms with Gasteiger partial charge >= 0.3 is 0 Å². The molecular formula is C18H17O4-. The second-order valence-electron chi connectivity index (χ2n) is 4.83. The number of carboxylic acids is 1. The summed E-state index contributed by atoms with van der Waals surface area (Å²) in [6, 6.07) is 13.2. The number of hydrogen-bond acceptors (Lipinski definition) is 4. The highest BCUT2D eigenvalue weighted by atomic mass is 16.5. The molecule has 0 unspecified atom stereocenters. The average molecular weight is 297 g/mol. The minimum Gasteiger partial charge on any atom is -0.545 e. The van der Waals surface area contributed by atoms with Crippen LogP contribution in [0.5, 0.6) is 11.5 Å². The molecule has 22 heavy (non-hydrogen) atoms. The molecule has 0 amide bonds. The largest absolute Gasteiger partial charge is 0.545 e. The molecule has 0 aromatic heterocycles. The standard InChI is InChI=1S/C18H18O4/c1-13-4-3-5-16(10-13)22-12-15-11-14(7-9-18(19)20)6-8-17(15)21-2/h3-11H,12H2,1-2H3,(H,19,20)/p-1. The quantitative estimate of drug-likeness (QED) is 0.768. The lowest BCUT2D eigenvalue weighted by Crippen LogP contribution is -2.18. The summed E-state index contributed by atoms with van der Waals surface area (Å²) in [5, 5.41) is 10.5. The molecule has 0 N–H and O–H groups in total. The van der Waals surface area contributed by atoms with Crippen molar-refractivity contribution in [3.8, 4) is 11.5 Å². The second-order valence-corrected chi connectivity index (χ2v) is 4.83. The van der Waals surface area contributed by atoms with E-state index in [0.717, 1.165) is 28.5 Å². The maximum Gasteiger partial charge on any atom is 0.125 e. The van der Waals surface area contributed by atoms with Crippen LogP contribution in [0.2, 0.25) is 0 Å². The van der Waals surface area contributed by atoms with Crippen molar-refractivity contribution in [2.75, 3.05) is 7.11 Å². The van der Waals surface area contributed by atoms with Gasteiger partial charge in [0.15, 0.2) is 0 Å². The van der Waals surface area contributed by atoms with E-state index >= 15 is 0 Å². The number of hydrogen-bond donors (Lipinski definition) is 0. The maximum absolute atomic E-state index is 10.5. The molecule has 0 spiro atoms. The highest BCUT2D eigenvalue weighted by molar-refractivity contribution is 5.83. The van der Waals surface area contributed by atoms with Crippen LogP contribution < -0.4 is 14.6 Å². The molecule has 0 saturated carbocycles. The Hall–Kier alpha value is -2.75. The van der Waals surface area contributed by atoms with Crippen molar-refractivity contribution < 1.29 is 19.4 Å². The van der Waals surface area contributed by atoms with Crippen LogP contribution in [0.3, 0.4) is 0 Å². The molecule has 0 aliphatic heterocycles. The first kappa shape index (κ1) is 15.6. The molecule has 2 aromatic carbocycles. The van der Waals surface area contributed by atoms with Crippen molar-refractivity contribution in [1.29, 1.82) is 0 Å². The van der Waals surface area contributed by atoms with Gasteiger partial charge in [-0.1, -0.05) is 24.3 Å². The van der Waals surface area contributed by atoms with Crippen LogP contribution in [0.1, 0.15) is 16.7 Å². The molecule has 0 bridgehead atoms. The van der Waals surface area contributed by atoms with Crippen molar-refractivity contribution in [1.82, 2.24) is 0 Å². The van der Waals surface area contributed by atoms with E-state index in [2.05, 4.69) is 0 Å². The molecule has 4 nitrogen and oxygen atoms in total. The van der Waals surface area contributed by atoms with Gasteiger partial charge in [-0.15, -0.1) is 0 Å². The van der Waals surface area contributed by atoms with Crippen LogP contribution in [0, 0.1) is 6.92 Å². The Morgan fingerprint density at radius 2 is 2.05 bits per heavy atom. The third kappa shape index (κ3) is 4.38. The van der Waals surface area contributed by atoms with Gasteiger partial charge < -0.3 is 19.4 Å². The zero-order valence-electron chi connectivity index (χ0n) is 12.5. The summed E-state index contributed by atoms with van der Waals surface area (Å²) in [6.45, 7) is 2.33. The first-order valence-electron chi connectivity index (χ1n) is 6.84. The predicted molar refractivity (Wildman–Crippen MR) is 82.5 cm³/mol. The van der Waals surface area contributed by atoms with Crippen LogP contribution in [-0.4, -0.2) is 13.1 Å². The molecule has 0 heterocycles. The van der Waals surface area contributed by atoms with Gasteiger partial charge in [0.25, 0.3) is 0 Å². The first-order chi connectivity index (χ1) is 10.6. The summed E-state index contributed by atoms with van der Waals surface area (Å²) in [5.41, 5.74) is 2.70. The normalized spacial score (nSPS) is 10.6. The number of aliphatic carboxylic acids is 1. The fourth-order valence-electron chi connectivity index (χ4n) is 2.05. The number of benzene rings is 2. The van der Waals surface area contributed by atoms with E-state index in [1.165, 1.54) is 6.08 Å². The van der Waals surface area contributed by atoms with E-state index < -0.39 is 5.97 Å². The minimum absolute atomic E-state index is 0.333. The number of carbonyl (C=O) groups excluding carboxylic acids is 1. The van der Waals surface area contributed by atoms with Gasteiger partial charge in [0.1, 0.15) is 18.1 Å². The Morgan fingerprint density at radius 1 is 1.23 bits per heavy atom. The Morgan fingerprint density at radius 3 is 2.73 bits per heavy atom. The van der Waals surface area contributed by atoms with E-state index in [1.54, 1.807) is 19.2 Å². The molecular weight excluding hydrogens is 280 g/mol. The van der Waals surface area contributed by atoms with Crippen molar-refractivity contribution >= 4 is 12.0 Å². The number of rotatable bonds is 6. The summed E-state index contributed by atoms with van der Waals surface area (Å²) < 4.78 is 11.1. The number of carboxylic acid groups (broad SMARTS) is 1. The molecule has 0 saturated heterocycles. The molecule has 114 valence electrons. The lowest BCUT2D eigenvalue weighted by Gasteiger charge is -2.11. The van der Waals surface area contributed by atoms with E-state index in [-0.39, 0.29) is 0 Å². The Balaban J connectivity index is 2.17. The molecule has 2 rings (SSSR count). The van der Waals surface area contributed by atoms with Crippen LogP contribution in [-0.2, 0) is 11.4 Å². The fraction of sp³-hybridized carbons (Fsp3) is 0.167. The summed E-state index contributed by atoms with van der Waals surface area (Å²) in [4.78, 5) is 10.5. The summed E-state index contributed by atoms with van der Waals surface area (Å²) in [7, 11) is 1.59. The second kappa shape index (κ2) is 7.31.